The molecule has 2 amide bonds. The van der Waals surface area contributed by atoms with E-state index < -0.39 is 0 Å². The first-order chi connectivity index (χ1) is 8.41. The average Bonchev–Trinajstić information content (AvgIpc) is 2.73. The van der Waals surface area contributed by atoms with Gasteiger partial charge in [-0.05, 0) is 19.8 Å². The summed E-state index contributed by atoms with van der Waals surface area (Å²) >= 11 is 1.62. The normalized spacial score (nSPS) is 18.9. The summed E-state index contributed by atoms with van der Waals surface area (Å²) in [5, 5.41) is 2.90. The lowest BCUT2D eigenvalue weighted by atomic mass is 10.2. The first-order valence-corrected chi connectivity index (χ1v) is 7.38. The molecular weight excluding hydrogens is 248 g/mol. The smallest absolute Gasteiger partial charge is 0.247 e. The summed E-state index contributed by atoms with van der Waals surface area (Å²) in [7, 11) is 0. The molecule has 1 heterocycles. The van der Waals surface area contributed by atoms with E-state index in [-0.39, 0.29) is 17.9 Å². The number of hydrogen-bond acceptors (Lipinski definition) is 3. The first-order valence-electron chi connectivity index (χ1n) is 6.22. The predicted octanol–water partition coefficient (Wildman–Crippen LogP) is 1.63. The molecule has 102 valence electrons. The van der Waals surface area contributed by atoms with Gasteiger partial charge in [0.15, 0.2) is 0 Å². The highest BCUT2D eigenvalue weighted by atomic mass is 32.2. The Hall–Kier alpha value is -0.970. The molecule has 0 spiro atoms. The van der Waals surface area contributed by atoms with E-state index in [2.05, 4.69) is 19.2 Å². The molecule has 0 aromatic heterocycles. The van der Waals surface area contributed by atoms with E-state index in [1.54, 1.807) is 22.7 Å². The molecule has 18 heavy (non-hydrogen) atoms. The van der Waals surface area contributed by atoms with Gasteiger partial charge in [0.05, 0.1) is 5.88 Å². The van der Waals surface area contributed by atoms with Crippen LogP contribution in [0.4, 0.5) is 0 Å². The van der Waals surface area contributed by atoms with E-state index in [4.69, 9.17) is 0 Å². The van der Waals surface area contributed by atoms with E-state index >= 15 is 0 Å². The number of carbonyl (C=O) groups is 2. The molecule has 0 aliphatic carbocycles. The second kappa shape index (κ2) is 6.83. The Morgan fingerprint density at radius 1 is 1.44 bits per heavy atom. The number of rotatable bonds is 4. The van der Waals surface area contributed by atoms with Crippen molar-refractivity contribution < 1.29 is 9.59 Å². The van der Waals surface area contributed by atoms with Gasteiger partial charge in [-0.15, -0.1) is 11.8 Å². The molecule has 1 aliphatic rings. The van der Waals surface area contributed by atoms with Gasteiger partial charge in [-0.25, -0.2) is 0 Å². The van der Waals surface area contributed by atoms with Crippen molar-refractivity contribution in [1.29, 1.82) is 0 Å². The number of thioether (sulfide) groups is 1. The van der Waals surface area contributed by atoms with Crippen LogP contribution in [-0.4, -0.2) is 40.9 Å². The van der Waals surface area contributed by atoms with Crippen LogP contribution in [0.1, 0.15) is 27.7 Å². The molecular formula is C13H22N2O2S. The lowest BCUT2D eigenvalue weighted by molar-refractivity contribution is -0.134. The van der Waals surface area contributed by atoms with Crippen molar-refractivity contribution in [3.63, 3.8) is 0 Å². The van der Waals surface area contributed by atoms with Gasteiger partial charge in [0, 0.05) is 18.4 Å². The number of nitrogens with zero attached hydrogens (tertiary/aromatic N) is 1. The molecule has 1 aliphatic heterocycles. The third-order valence-corrected chi connectivity index (χ3v) is 3.58. The Labute approximate surface area is 113 Å². The van der Waals surface area contributed by atoms with Crippen molar-refractivity contribution in [2.24, 2.45) is 5.92 Å². The predicted molar refractivity (Wildman–Crippen MR) is 75.2 cm³/mol. The Morgan fingerprint density at radius 3 is 2.67 bits per heavy atom. The zero-order chi connectivity index (χ0) is 13.7. The monoisotopic (exact) mass is 270 g/mol. The fourth-order valence-corrected chi connectivity index (χ4v) is 2.79. The summed E-state index contributed by atoms with van der Waals surface area (Å²) in [4.78, 5) is 25.6. The van der Waals surface area contributed by atoms with Crippen LogP contribution in [-0.2, 0) is 9.59 Å². The van der Waals surface area contributed by atoms with Crippen LogP contribution in [0.25, 0.3) is 0 Å². The average molecular weight is 270 g/mol. The Kier molecular flexibility index (Phi) is 5.72. The third-order valence-electron chi connectivity index (χ3n) is 2.56. The first kappa shape index (κ1) is 15.1. The minimum Gasteiger partial charge on any atom is -0.354 e. The summed E-state index contributed by atoms with van der Waals surface area (Å²) in [6.45, 7) is 8.53. The standard InChI is InChI=1S/C13H22N2O2S/c1-9(2)5-12(16)15-8-18-7-11(15)13(17)14-6-10(3)4/h5,10-11H,6-8H2,1-4H3,(H,14,17)/t11-/m1/s1. The van der Waals surface area contributed by atoms with Crippen molar-refractivity contribution in [1.82, 2.24) is 10.2 Å². The third kappa shape index (κ3) is 4.37. The highest BCUT2D eigenvalue weighted by Crippen LogP contribution is 2.21. The van der Waals surface area contributed by atoms with Crippen LogP contribution in [0.5, 0.6) is 0 Å². The zero-order valence-electron chi connectivity index (χ0n) is 11.5. The SMILES string of the molecule is CC(C)=CC(=O)N1CSC[C@@H]1C(=O)NCC(C)C. The van der Waals surface area contributed by atoms with Gasteiger partial charge in [0.1, 0.15) is 6.04 Å². The highest BCUT2D eigenvalue weighted by Gasteiger charge is 2.33. The maximum Gasteiger partial charge on any atom is 0.247 e. The minimum absolute atomic E-state index is 0.0378. The molecule has 1 rings (SSSR count). The lowest BCUT2D eigenvalue weighted by Gasteiger charge is -2.22. The highest BCUT2D eigenvalue weighted by molar-refractivity contribution is 7.99. The quantitative estimate of drug-likeness (QED) is 0.790. The summed E-state index contributed by atoms with van der Waals surface area (Å²) < 4.78 is 0. The summed E-state index contributed by atoms with van der Waals surface area (Å²) in [5.74, 6) is 1.60. The molecule has 0 radical (unpaired) electrons. The largest absolute Gasteiger partial charge is 0.354 e. The van der Waals surface area contributed by atoms with Gasteiger partial charge in [-0.1, -0.05) is 19.4 Å². The Morgan fingerprint density at radius 2 is 2.11 bits per heavy atom. The van der Waals surface area contributed by atoms with Crippen LogP contribution >= 0.6 is 11.8 Å². The number of nitrogens with one attached hydrogen (secondary N) is 1. The van der Waals surface area contributed by atoms with Gasteiger partial charge in [-0.2, -0.15) is 0 Å². The summed E-state index contributed by atoms with van der Waals surface area (Å²) in [6.07, 6.45) is 1.59. The van der Waals surface area contributed by atoms with Gasteiger partial charge in [0.2, 0.25) is 11.8 Å². The van der Waals surface area contributed by atoms with Crippen molar-refractivity contribution in [3.05, 3.63) is 11.6 Å². The number of allylic oxidation sites excluding steroid dienone is 1. The van der Waals surface area contributed by atoms with Crippen molar-refractivity contribution in [3.8, 4) is 0 Å². The molecule has 5 heteroatoms. The van der Waals surface area contributed by atoms with Gasteiger partial charge in [0.25, 0.3) is 0 Å². The number of hydrogen-bond donors (Lipinski definition) is 1. The van der Waals surface area contributed by atoms with Crippen molar-refractivity contribution in [2.45, 2.75) is 33.7 Å². The molecule has 1 saturated heterocycles. The Balaban J connectivity index is 2.61. The molecule has 0 unspecified atom stereocenters. The molecule has 0 saturated carbocycles. The van der Waals surface area contributed by atoms with E-state index in [0.29, 0.717) is 24.1 Å². The molecule has 1 fully saturated rings. The topological polar surface area (TPSA) is 49.4 Å². The molecule has 0 bridgehead atoms. The molecule has 1 N–H and O–H groups in total. The van der Waals surface area contributed by atoms with E-state index in [0.717, 1.165) is 5.57 Å². The summed E-state index contributed by atoms with van der Waals surface area (Å²) in [6, 6.07) is -0.322. The molecule has 0 aromatic carbocycles. The van der Waals surface area contributed by atoms with Crippen LogP contribution in [0.15, 0.2) is 11.6 Å². The van der Waals surface area contributed by atoms with Crippen LogP contribution in [0.2, 0.25) is 0 Å². The molecule has 1 atom stereocenters. The van der Waals surface area contributed by atoms with E-state index in [9.17, 15) is 9.59 Å². The van der Waals surface area contributed by atoms with E-state index in [1.807, 2.05) is 13.8 Å². The van der Waals surface area contributed by atoms with Crippen LogP contribution < -0.4 is 5.32 Å². The van der Waals surface area contributed by atoms with Crippen molar-refractivity contribution >= 4 is 23.6 Å². The zero-order valence-corrected chi connectivity index (χ0v) is 12.3. The molecule has 4 nitrogen and oxygen atoms in total. The number of amides is 2. The van der Waals surface area contributed by atoms with Crippen LogP contribution in [0.3, 0.4) is 0 Å². The van der Waals surface area contributed by atoms with Crippen LogP contribution in [0, 0.1) is 5.92 Å². The van der Waals surface area contributed by atoms with Gasteiger partial charge in [-0.3, -0.25) is 9.59 Å². The lowest BCUT2D eigenvalue weighted by Crippen LogP contribution is -2.47. The number of carbonyl (C=O) groups excluding carboxylic acids is 2. The summed E-state index contributed by atoms with van der Waals surface area (Å²) in [5.41, 5.74) is 0.957. The minimum atomic E-state index is -0.322. The van der Waals surface area contributed by atoms with Gasteiger partial charge < -0.3 is 10.2 Å². The maximum atomic E-state index is 12.0. The second-order valence-electron chi connectivity index (χ2n) is 5.18. The Bertz CT molecular complexity index is 349. The molecule has 0 aromatic rings. The fourth-order valence-electron chi connectivity index (χ4n) is 1.63. The van der Waals surface area contributed by atoms with Crippen molar-refractivity contribution in [2.75, 3.05) is 18.2 Å². The fraction of sp³-hybridized carbons (Fsp3) is 0.692. The van der Waals surface area contributed by atoms with E-state index in [1.165, 1.54) is 0 Å². The van der Waals surface area contributed by atoms with Gasteiger partial charge >= 0.3 is 0 Å². The second-order valence-corrected chi connectivity index (χ2v) is 6.18. The maximum absolute atomic E-state index is 12.0.